The second-order valence-electron chi connectivity index (χ2n) is 6.87. The zero-order chi connectivity index (χ0) is 22.2. The maximum atomic E-state index is 12.1. The smallest absolute Gasteiger partial charge is 0.220 e. The van der Waals surface area contributed by atoms with E-state index in [9.17, 15) is 4.79 Å². The van der Waals surface area contributed by atoms with Crippen molar-refractivity contribution >= 4 is 40.9 Å². The molecule has 0 aliphatic rings. The molecule has 0 fully saturated rings. The first-order chi connectivity index (χ1) is 15.0. The Labute approximate surface area is 196 Å². The number of rotatable bonds is 10. The van der Waals surface area contributed by atoms with Gasteiger partial charge in [-0.05, 0) is 48.7 Å². The van der Waals surface area contributed by atoms with Gasteiger partial charge in [-0.3, -0.25) is 9.36 Å². The van der Waals surface area contributed by atoms with Crippen LogP contribution in [0.1, 0.15) is 29.8 Å². The molecule has 0 unspecified atom stereocenters. The predicted molar refractivity (Wildman–Crippen MR) is 125 cm³/mol. The second kappa shape index (κ2) is 11.4. The summed E-state index contributed by atoms with van der Waals surface area (Å²) in [5.41, 5.74) is 3.02. The lowest BCUT2D eigenvalue weighted by Gasteiger charge is -2.14. The fourth-order valence-electron chi connectivity index (χ4n) is 2.98. The third-order valence-corrected chi connectivity index (χ3v) is 6.10. The Kier molecular flexibility index (Phi) is 8.63. The number of ether oxygens (including phenoxy) is 1. The highest BCUT2D eigenvalue weighted by atomic mass is 35.5. The van der Waals surface area contributed by atoms with Crippen molar-refractivity contribution < 1.29 is 9.53 Å². The van der Waals surface area contributed by atoms with Crippen LogP contribution in [0.3, 0.4) is 0 Å². The molecule has 164 valence electrons. The quantitative estimate of drug-likeness (QED) is 0.321. The highest BCUT2D eigenvalue weighted by molar-refractivity contribution is 7.98. The molecule has 6 nitrogen and oxygen atoms in total. The van der Waals surface area contributed by atoms with Gasteiger partial charge in [0.25, 0.3) is 0 Å². The molecule has 1 amide bonds. The molecule has 3 rings (SSSR count). The number of aromatic nitrogens is 3. The van der Waals surface area contributed by atoms with Crippen molar-refractivity contribution in [2.24, 2.45) is 0 Å². The third-order valence-electron chi connectivity index (χ3n) is 4.60. The summed E-state index contributed by atoms with van der Waals surface area (Å²) < 4.78 is 7.26. The maximum absolute atomic E-state index is 12.1. The lowest BCUT2D eigenvalue weighted by atomic mass is 10.2. The zero-order valence-electron chi connectivity index (χ0n) is 17.4. The first kappa shape index (κ1) is 23.4. The van der Waals surface area contributed by atoms with Crippen LogP contribution in [0.5, 0.6) is 5.75 Å². The van der Waals surface area contributed by atoms with Crippen molar-refractivity contribution in [1.29, 1.82) is 0 Å². The van der Waals surface area contributed by atoms with Crippen molar-refractivity contribution in [2.45, 2.75) is 37.2 Å². The van der Waals surface area contributed by atoms with Crippen molar-refractivity contribution in [3.63, 3.8) is 0 Å². The van der Waals surface area contributed by atoms with E-state index in [-0.39, 0.29) is 12.5 Å². The van der Waals surface area contributed by atoms with Crippen LogP contribution >= 0.6 is 35.0 Å². The summed E-state index contributed by atoms with van der Waals surface area (Å²) in [6.07, 6.45) is 1.01. The molecule has 2 aromatic carbocycles. The molecular formula is C22H24Cl2N4O2S. The van der Waals surface area contributed by atoms with E-state index in [1.165, 1.54) is 0 Å². The van der Waals surface area contributed by atoms with E-state index in [0.29, 0.717) is 35.3 Å². The van der Waals surface area contributed by atoms with Crippen LogP contribution in [0.15, 0.2) is 47.6 Å². The first-order valence-corrected chi connectivity index (χ1v) is 11.7. The fourth-order valence-corrected chi connectivity index (χ4v) is 4.18. The molecule has 1 N–H and O–H groups in total. The molecule has 0 saturated heterocycles. The number of carbonyl (C=O) groups is 1. The molecule has 0 aliphatic carbocycles. The molecule has 3 aromatic rings. The first-order valence-electron chi connectivity index (χ1n) is 9.81. The Morgan fingerprint density at radius 1 is 1.23 bits per heavy atom. The van der Waals surface area contributed by atoms with Crippen molar-refractivity contribution in [1.82, 2.24) is 20.1 Å². The van der Waals surface area contributed by atoms with Gasteiger partial charge >= 0.3 is 0 Å². The number of aryl methyl sites for hydroxylation is 1. The van der Waals surface area contributed by atoms with E-state index in [1.807, 2.05) is 54.0 Å². The normalized spacial score (nSPS) is 10.8. The van der Waals surface area contributed by atoms with Crippen LogP contribution in [0.2, 0.25) is 5.02 Å². The molecule has 0 atom stereocenters. The fraction of sp³-hybridized carbons (Fsp3) is 0.318. The van der Waals surface area contributed by atoms with Crippen LogP contribution < -0.4 is 10.1 Å². The van der Waals surface area contributed by atoms with Crippen LogP contribution in [0.25, 0.3) is 5.69 Å². The van der Waals surface area contributed by atoms with E-state index >= 15 is 0 Å². The average Bonchev–Trinajstić information content (AvgIpc) is 3.19. The summed E-state index contributed by atoms with van der Waals surface area (Å²) in [5, 5.41) is 13.0. The number of nitrogens with one attached hydrogen (secondary N) is 1. The number of nitrogens with zero attached hydrogens (tertiary/aromatic N) is 3. The minimum atomic E-state index is -0.0661. The molecule has 31 heavy (non-hydrogen) atoms. The number of alkyl halides is 1. The number of benzene rings is 2. The summed E-state index contributed by atoms with van der Waals surface area (Å²) in [7, 11) is 1.65. The van der Waals surface area contributed by atoms with Gasteiger partial charge < -0.3 is 10.1 Å². The maximum Gasteiger partial charge on any atom is 0.220 e. The lowest BCUT2D eigenvalue weighted by molar-refractivity contribution is -0.121. The Morgan fingerprint density at radius 3 is 2.84 bits per heavy atom. The highest BCUT2D eigenvalue weighted by Gasteiger charge is 2.17. The van der Waals surface area contributed by atoms with E-state index in [4.69, 9.17) is 27.9 Å². The average molecular weight is 479 g/mol. The Morgan fingerprint density at radius 2 is 2.06 bits per heavy atom. The Balaban J connectivity index is 1.87. The van der Waals surface area contributed by atoms with Crippen molar-refractivity contribution in [3.05, 3.63) is 64.4 Å². The van der Waals surface area contributed by atoms with Gasteiger partial charge in [0.2, 0.25) is 5.91 Å². The van der Waals surface area contributed by atoms with Crippen LogP contribution in [-0.4, -0.2) is 33.7 Å². The summed E-state index contributed by atoms with van der Waals surface area (Å²) in [5.74, 6) is 2.53. The van der Waals surface area contributed by atoms with E-state index < -0.39 is 0 Å². The predicted octanol–water partition coefficient (Wildman–Crippen LogP) is 5.17. The molecule has 0 aliphatic heterocycles. The van der Waals surface area contributed by atoms with E-state index in [2.05, 4.69) is 15.5 Å². The zero-order valence-corrected chi connectivity index (χ0v) is 19.7. The van der Waals surface area contributed by atoms with Crippen LogP contribution in [-0.2, 0) is 17.1 Å². The summed E-state index contributed by atoms with van der Waals surface area (Å²) in [6.45, 7) is 2.27. The topological polar surface area (TPSA) is 69.0 Å². The lowest BCUT2D eigenvalue weighted by Crippen LogP contribution is -2.24. The summed E-state index contributed by atoms with van der Waals surface area (Å²) in [4.78, 5) is 12.1. The second-order valence-corrected chi connectivity index (χ2v) is 8.63. The van der Waals surface area contributed by atoms with Gasteiger partial charge in [-0.15, -0.1) is 21.8 Å². The number of amides is 1. The number of carbonyl (C=O) groups excluding carboxylic acids is 1. The minimum absolute atomic E-state index is 0.0661. The Bertz CT molecular complexity index is 1040. The SMILES string of the molecule is COc1cccc(CSc2nnc(CNC(=O)CCCCl)n2-c2cc(Cl)ccc2C)c1. The number of hydrogen-bond donors (Lipinski definition) is 1. The molecule has 0 saturated carbocycles. The number of halogens is 2. The molecule has 9 heteroatoms. The number of hydrogen-bond acceptors (Lipinski definition) is 5. The van der Waals surface area contributed by atoms with Crippen molar-refractivity contribution in [3.8, 4) is 11.4 Å². The van der Waals surface area contributed by atoms with Crippen molar-refractivity contribution in [2.75, 3.05) is 13.0 Å². The number of methoxy groups -OCH3 is 1. The van der Waals surface area contributed by atoms with Gasteiger partial charge in [0.1, 0.15) is 5.75 Å². The molecule has 0 radical (unpaired) electrons. The van der Waals surface area contributed by atoms with Gasteiger partial charge in [0, 0.05) is 23.1 Å². The van der Waals surface area contributed by atoms with Gasteiger partial charge in [-0.25, -0.2) is 0 Å². The summed E-state index contributed by atoms with van der Waals surface area (Å²) >= 11 is 13.5. The van der Waals surface area contributed by atoms with E-state index in [0.717, 1.165) is 27.7 Å². The Hall–Kier alpha value is -2.22. The molecule has 1 aromatic heterocycles. The van der Waals surface area contributed by atoms with Gasteiger partial charge in [0.05, 0.1) is 19.3 Å². The molecule has 1 heterocycles. The number of thioether (sulfide) groups is 1. The highest BCUT2D eigenvalue weighted by Crippen LogP contribution is 2.29. The summed E-state index contributed by atoms with van der Waals surface area (Å²) in [6, 6.07) is 13.6. The molecular weight excluding hydrogens is 455 g/mol. The molecule has 0 spiro atoms. The van der Waals surface area contributed by atoms with Gasteiger partial charge in [-0.2, -0.15) is 0 Å². The van der Waals surface area contributed by atoms with Gasteiger partial charge in [-0.1, -0.05) is 41.6 Å². The molecule has 0 bridgehead atoms. The van der Waals surface area contributed by atoms with Gasteiger partial charge in [0.15, 0.2) is 11.0 Å². The van der Waals surface area contributed by atoms with Crippen LogP contribution in [0.4, 0.5) is 0 Å². The minimum Gasteiger partial charge on any atom is -0.497 e. The van der Waals surface area contributed by atoms with Crippen LogP contribution in [0, 0.1) is 6.92 Å². The standard InChI is InChI=1S/C22H24Cl2N4O2S/c1-15-8-9-17(24)12-19(15)28-20(13-25-21(29)7-4-10-23)26-27-22(28)31-14-16-5-3-6-18(11-16)30-2/h3,5-6,8-9,11-12H,4,7,10,13-14H2,1-2H3,(H,25,29). The largest absolute Gasteiger partial charge is 0.497 e. The third kappa shape index (κ3) is 6.38. The monoisotopic (exact) mass is 478 g/mol. The van der Waals surface area contributed by atoms with E-state index in [1.54, 1.807) is 18.9 Å².